The zero-order chi connectivity index (χ0) is 15.1. The van der Waals surface area contributed by atoms with Gasteiger partial charge in [-0.3, -0.25) is 0 Å². The molecule has 1 unspecified atom stereocenters. The maximum Gasteiger partial charge on any atom is 0.131 e. The summed E-state index contributed by atoms with van der Waals surface area (Å²) in [4.78, 5) is 6.78. The van der Waals surface area contributed by atoms with Gasteiger partial charge in [-0.25, -0.2) is 4.98 Å². The molecule has 112 valence electrons. The van der Waals surface area contributed by atoms with Gasteiger partial charge >= 0.3 is 0 Å². The van der Waals surface area contributed by atoms with Crippen molar-refractivity contribution in [1.29, 1.82) is 0 Å². The fourth-order valence-corrected chi connectivity index (χ4v) is 2.41. The van der Waals surface area contributed by atoms with E-state index in [4.69, 9.17) is 5.73 Å². The van der Waals surface area contributed by atoms with Gasteiger partial charge < -0.3 is 10.6 Å². The molecule has 0 aliphatic heterocycles. The summed E-state index contributed by atoms with van der Waals surface area (Å²) in [6.45, 7) is 3.08. The Balaban J connectivity index is 2.03. The van der Waals surface area contributed by atoms with Crippen molar-refractivity contribution in [3.05, 3.63) is 59.8 Å². The molecule has 0 spiro atoms. The van der Waals surface area contributed by atoms with Crippen LogP contribution in [0.15, 0.2) is 48.7 Å². The molecule has 0 fully saturated rings. The first kappa shape index (κ1) is 15.5. The number of aromatic nitrogens is 1. The van der Waals surface area contributed by atoms with Gasteiger partial charge in [0.2, 0.25) is 0 Å². The first-order chi connectivity index (χ1) is 10.2. The molecule has 0 saturated heterocycles. The van der Waals surface area contributed by atoms with Crippen LogP contribution in [-0.2, 0) is 12.8 Å². The summed E-state index contributed by atoms with van der Waals surface area (Å²) in [6, 6.07) is 14.9. The van der Waals surface area contributed by atoms with Crippen molar-refractivity contribution >= 4 is 5.82 Å². The van der Waals surface area contributed by atoms with E-state index < -0.39 is 0 Å². The molecule has 0 bridgehead atoms. The third kappa shape index (κ3) is 4.57. The topological polar surface area (TPSA) is 42.1 Å². The number of benzene rings is 1. The molecule has 0 radical (unpaired) electrons. The molecule has 2 aromatic rings. The van der Waals surface area contributed by atoms with E-state index in [0.717, 1.165) is 31.6 Å². The molecular weight excluding hydrogens is 258 g/mol. The van der Waals surface area contributed by atoms with E-state index in [9.17, 15) is 0 Å². The number of rotatable bonds is 7. The molecule has 0 amide bonds. The van der Waals surface area contributed by atoms with E-state index >= 15 is 0 Å². The Morgan fingerprint density at radius 1 is 1.14 bits per heavy atom. The highest BCUT2D eigenvalue weighted by Gasteiger charge is 2.11. The van der Waals surface area contributed by atoms with Gasteiger partial charge in [-0.1, -0.05) is 43.3 Å². The Morgan fingerprint density at radius 3 is 2.62 bits per heavy atom. The highest BCUT2D eigenvalue weighted by Crippen LogP contribution is 2.18. The highest BCUT2D eigenvalue weighted by molar-refractivity contribution is 5.46. The van der Waals surface area contributed by atoms with Crippen molar-refractivity contribution in [2.75, 3.05) is 18.5 Å². The Hall–Kier alpha value is -1.87. The third-order valence-electron chi connectivity index (χ3n) is 3.81. The quantitative estimate of drug-likeness (QED) is 0.849. The lowest BCUT2D eigenvalue weighted by Crippen LogP contribution is -2.26. The third-order valence-corrected chi connectivity index (χ3v) is 3.81. The fourth-order valence-electron chi connectivity index (χ4n) is 2.41. The van der Waals surface area contributed by atoms with E-state index in [1.807, 2.05) is 12.3 Å². The smallest absolute Gasteiger partial charge is 0.131 e. The minimum absolute atomic E-state index is 0.204. The minimum atomic E-state index is 0.204. The molecule has 3 nitrogen and oxygen atoms in total. The number of hydrogen-bond acceptors (Lipinski definition) is 3. The molecule has 2 N–H and O–H groups in total. The number of hydrogen-bond donors (Lipinski definition) is 1. The zero-order valence-corrected chi connectivity index (χ0v) is 13.0. The first-order valence-corrected chi connectivity index (χ1v) is 7.65. The van der Waals surface area contributed by atoms with Crippen LogP contribution in [0, 0.1) is 0 Å². The number of nitrogens with two attached hydrogens (primary N) is 1. The second-order valence-corrected chi connectivity index (χ2v) is 5.52. The van der Waals surface area contributed by atoms with Gasteiger partial charge in [0, 0.05) is 25.8 Å². The van der Waals surface area contributed by atoms with Crippen LogP contribution < -0.4 is 10.6 Å². The van der Waals surface area contributed by atoms with Crippen LogP contribution in [0.5, 0.6) is 0 Å². The lowest BCUT2D eigenvalue weighted by Gasteiger charge is -2.22. The summed E-state index contributed by atoms with van der Waals surface area (Å²) in [5.41, 5.74) is 8.68. The number of nitrogens with zero attached hydrogens (tertiary/aromatic N) is 2. The van der Waals surface area contributed by atoms with Crippen molar-refractivity contribution in [3.63, 3.8) is 0 Å². The van der Waals surface area contributed by atoms with Crippen LogP contribution in [0.2, 0.25) is 0 Å². The molecule has 1 aromatic carbocycles. The van der Waals surface area contributed by atoms with E-state index in [0.29, 0.717) is 0 Å². The molecule has 3 heteroatoms. The standard InChI is InChI=1S/C18H25N3/c1-3-17(19)14-16-10-7-12-20-18(16)21(2)13-11-15-8-5-4-6-9-15/h4-10,12,17H,3,11,13-14,19H2,1-2H3. The van der Waals surface area contributed by atoms with Crippen LogP contribution in [0.1, 0.15) is 24.5 Å². The molecular formula is C18H25N3. The van der Waals surface area contributed by atoms with E-state index in [1.165, 1.54) is 11.1 Å². The van der Waals surface area contributed by atoms with Gasteiger partial charge in [0.15, 0.2) is 0 Å². The molecule has 1 atom stereocenters. The van der Waals surface area contributed by atoms with Crippen molar-refractivity contribution in [2.24, 2.45) is 5.73 Å². The van der Waals surface area contributed by atoms with E-state index in [2.05, 4.69) is 60.3 Å². The van der Waals surface area contributed by atoms with Gasteiger partial charge in [0.05, 0.1) is 0 Å². The summed E-state index contributed by atoms with van der Waals surface area (Å²) in [7, 11) is 2.10. The molecule has 21 heavy (non-hydrogen) atoms. The number of likely N-dealkylation sites (N-methyl/N-ethyl adjacent to an activating group) is 1. The second-order valence-electron chi connectivity index (χ2n) is 5.52. The van der Waals surface area contributed by atoms with Crippen LogP contribution in [-0.4, -0.2) is 24.6 Å². The summed E-state index contributed by atoms with van der Waals surface area (Å²) in [5, 5.41) is 0. The molecule has 1 aromatic heterocycles. The molecule has 0 aliphatic rings. The normalized spacial score (nSPS) is 12.1. The van der Waals surface area contributed by atoms with Crippen LogP contribution in [0.4, 0.5) is 5.82 Å². The monoisotopic (exact) mass is 283 g/mol. The molecule has 0 aliphatic carbocycles. The Labute approximate surface area is 127 Å². The van der Waals surface area contributed by atoms with Gasteiger partial charge in [0.25, 0.3) is 0 Å². The second kappa shape index (κ2) is 7.79. The predicted molar refractivity (Wildman–Crippen MR) is 89.6 cm³/mol. The van der Waals surface area contributed by atoms with Crippen molar-refractivity contribution in [1.82, 2.24) is 4.98 Å². The number of pyridine rings is 1. The SMILES string of the molecule is CCC(N)Cc1cccnc1N(C)CCc1ccccc1. The largest absolute Gasteiger partial charge is 0.359 e. The summed E-state index contributed by atoms with van der Waals surface area (Å²) in [5.74, 6) is 1.05. The van der Waals surface area contributed by atoms with Crippen molar-refractivity contribution in [3.8, 4) is 0 Å². The highest BCUT2D eigenvalue weighted by atomic mass is 15.2. The lowest BCUT2D eigenvalue weighted by atomic mass is 10.0. The van der Waals surface area contributed by atoms with Gasteiger partial charge in [0.1, 0.15) is 5.82 Å². The van der Waals surface area contributed by atoms with Gasteiger partial charge in [-0.05, 0) is 36.5 Å². The van der Waals surface area contributed by atoms with Gasteiger partial charge in [-0.2, -0.15) is 0 Å². The average Bonchev–Trinajstić information content (AvgIpc) is 2.54. The molecule has 2 rings (SSSR count). The van der Waals surface area contributed by atoms with Crippen LogP contribution >= 0.6 is 0 Å². The molecule has 1 heterocycles. The predicted octanol–water partition coefficient (Wildman–Crippen LogP) is 3.04. The average molecular weight is 283 g/mol. The summed E-state index contributed by atoms with van der Waals surface area (Å²) < 4.78 is 0. The van der Waals surface area contributed by atoms with Gasteiger partial charge in [-0.15, -0.1) is 0 Å². The van der Waals surface area contributed by atoms with Crippen LogP contribution in [0.25, 0.3) is 0 Å². The summed E-state index contributed by atoms with van der Waals surface area (Å²) in [6.07, 6.45) is 4.75. The van der Waals surface area contributed by atoms with Crippen molar-refractivity contribution < 1.29 is 0 Å². The lowest BCUT2D eigenvalue weighted by molar-refractivity contribution is 0.643. The number of anilines is 1. The Kier molecular flexibility index (Phi) is 5.76. The maximum atomic E-state index is 6.09. The van der Waals surface area contributed by atoms with E-state index in [-0.39, 0.29) is 6.04 Å². The first-order valence-electron chi connectivity index (χ1n) is 7.65. The maximum absolute atomic E-state index is 6.09. The van der Waals surface area contributed by atoms with E-state index in [1.54, 1.807) is 0 Å². The minimum Gasteiger partial charge on any atom is -0.359 e. The molecule has 0 saturated carbocycles. The summed E-state index contributed by atoms with van der Waals surface area (Å²) >= 11 is 0. The van der Waals surface area contributed by atoms with Crippen LogP contribution in [0.3, 0.4) is 0 Å². The Morgan fingerprint density at radius 2 is 1.90 bits per heavy atom. The van der Waals surface area contributed by atoms with Crippen molar-refractivity contribution in [2.45, 2.75) is 32.2 Å². The zero-order valence-electron chi connectivity index (χ0n) is 13.0. The Bertz CT molecular complexity index is 539. The fraction of sp³-hybridized carbons (Fsp3) is 0.389.